The lowest BCUT2D eigenvalue weighted by atomic mass is 9.94. The lowest BCUT2D eigenvalue weighted by Gasteiger charge is -2.39. The summed E-state index contributed by atoms with van der Waals surface area (Å²) >= 11 is 0. The van der Waals surface area contributed by atoms with E-state index < -0.39 is 0 Å². The molecule has 2 rings (SSSR count). The van der Waals surface area contributed by atoms with Crippen LogP contribution in [-0.2, 0) is 0 Å². The number of aliphatic imine (C=N–C) groups is 2. The van der Waals surface area contributed by atoms with Crippen LogP contribution in [0.5, 0.6) is 0 Å². The van der Waals surface area contributed by atoms with Crippen LogP contribution in [0, 0.1) is 0 Å². The highest BCUT2D eigenvalue weighted by Crippen LogP contribution is 2.22. The summed E-state index contributed by atoms with van der Waals surface area (Å²) in [5.74, 6) is 1.85. The Morgan fingerprint density at radius 1 is 1.08 bits per heavy atom. The monoisotopic (exact) mass is 349 g/mol. The maximum absolute atomic E-state index is 4.86. The summed E-state index contributed by atoms with van der Waals surface area (Å²) in [4.78, 5) is 12.0. The molecule has 0 aromatic rings. The van der Waals surface area contributed by atoms with Gasteiger partial charge in [-0.1, -0.05) is 58.3 Å². The maximum atomic E-state index is 4.86. The minimum Gasteiger partial charge on any atom is -0.343 e. The Hall–Kier alpha value is -1.26. The van der Waals surface area contributed by atoms with Gasteiger partial charge in [-0.05, 0) is 33.1 Å². The standard InChI is InChI=1S/C20H39N5/c1-5-6-7-8-9-13-16-21-18-22-19(24-20(2,3)23-18)25(4)17-14-11-10-12-15-17/h17H,5-16H2,1-4H3,(H2,21,22,23,24). The van der Waals surface area contributed by atoms with Gasteiger partial charge in [0.15, 0.2) is 5.96 Å². The molecule has 1 fully saturated rings. The molecule has 1 heterocycles. The van der Waals surface area contributed by atoms with Crippen LogP contribution in [0.4, 0.5) is 0 Å². The Kier molecular flexibility index (Phi) is 8.04. The molecular weight excluding hydrogens is 310 g/mol. The molecule has 2 N–H and O–H groups in total. The molecule has 0 bridgehead atoms. The van der Waals surface area contributed by atoms with E-state index in [9.17, 15) is 0 Å². The summed E-state index contributed by atoms with van der Waals surface area (Å²) < 4.78 is 0. The number of hydrogen-bond acceptors (Lipinski definition) is 3. The molecule has 0 atom stereocenters. The third-order valence-corrected chi connectivity index (χ3v) is 5.28. The molecule has 25 heavy (non-hydrogen) atoms. The molecule has 0 unspecified atom stereocenters. The molecular formula is C20H39N5. The zero-order valence-corrected chi connectivity index (χ0v) is 16.9. The average Bonchev–Trinajstić information content (AvgIpc) is 2.60. The third kappa shape index (κ3) is 6.87. The SMILES string of the molecule is CCCCCCCCN=C1NC(N(C)C2CCCCC2)=NC(C)(C)N1. The van der Waals surface area contributed by atoms with Gasteiger partial charge in [0, 0.05) is 19.6 Å². The summed E-state index contributed by atoms with van der Waals surface area (Å²) in [5.41, 5.74) is -0.302. The molecule has 0 radical (unpaired) electrons. The molecule has 144 valence electrons. The largest absolute Gasteiger partial charge is 0.343 e. The normalized spacial score (nSPS) is 22.2. The first-order valence-corrected chi connectivity index (χ1v) is 10.4. The number of nitrogens with one attached hydrogen (secondary N) is 2. The van der Waals surface area contributed by atoms with E-state index in [-0.39, 0.29) is 5.66 Å². The first kappa shape index (κ1) is 20.1. The molecule has 1 saturated carbocycles. The van der Waals surface area contributed by atoms with E-state index in [1.807, 2.05) is 0 Å². The second kappa shape index (κ2) is 10.0. The van der Waals surface area contributed by atoms with Crippen molar-refractivity contribution in [1.82, 2.24) is 15.5 Å². The van der Waals surface area contributed by atoms with Crippen LogP contribution >= 0.6 is 0 Å². The van der Waals surface area contributed by atoms with Gasteiger partial charge in [-0.15, -0.1) is 0 Å². The average molecular weight is 350 g/mol. The highest BCUT2D eigenvalue weighted by Gasteiger charge is 2.29. The van der Waals surface area contributed by atoms with Gasteiger partial charge in [-0.2, -0.15) is 0 Å². The molecule has 0 aromatic heterocycles. The number of guanidine groups is 2. The summed E-state index contributed by atoms with van der Waals surface area (Å²) in [7, 11) is 2.18. The van der Waals surface area contributed by atoms with Gasteiger partial charge in [0.05, 0.1) is 0 Å². The second-order valence-electron chi connectivity index (χ2n) is 8.15. The maximum Gasteiger partial charge on any atom is 0.203 e. The zero-order valence-electron chi connectivity index (χ0n) is 16.9. The summed E-state index contributed by atoms with van der Waals surface area (Å²) in [6.07, 6.45) is 14.4. The second-order valence-corrected chi connectivity index (χ2v) is 8.15. The van der Waals surface area contributed by atoms with Crippen molar-refractivity contribution < 1.29 is 0 Å². The fourth-order valence-electron chi connectivity index (χ4n) is 3.72. The lowest BCUT2D eigenvalue weighted by molar-refractivity contribution is 0.268. The molecule has 5 heteroatoms. The summed E-state index contributed by atoms with van der Waals surface area (Å²) in [6, 6.07) is 0.605. The molecule has 1 aliphatic heterocycles. The van der Waals surface area contributed by atoms with Gasteiger partial charge in [0.1, 0.15) is 5.66 Å². The van der Waals surface area contributed by atoms with E-state index in [2.05, 4.69) is 43.4 Å². The third-order valence-electron chi connectivity index (χ3n) is 5.28. The Labute approximate surface area is 154 Å². The van der Waals surface area contributed by atoms with Crippen LogP contribution in [0.15, 0.2) is 9.98 Å². The van der Waals surface area contributed by atoms with Crippen LogP contribution < -0.4 is 10.6 Å². The summed E-state index contributed by atoms with van der Waals surface area (Å²) in [6.45, 7) is 7.38. The van der Waals surface area contributed by atoms with Crippen LogP contribution in [0.2, 0.25) is 0 Å². The number of nitrogens with zero attached hydrogens (tertiary/aromatic N) is 3. The van der Waals surface area contributed by atoms with Crippen LogP contribution in [-0.4, -0.2) is 42.1 Å². The smallest absolute Gasteiger partial charge is 0.203 e. The number of rotatable bonds is 8. The van der Waals surface area contributed by atoms with Crippen molar-refractivity contribution in [2.24, 2.45) is 9.98 Å². The molecule has 2 aliphatic rings. The molecule has 0 spiro atoms. The predicted molar refractivity (Wildman–Crippen MR) is 108 cm³/mol. The number of unbranched alkanes of at least 4 members (excludes halogenated alkanes) is 5. The zero-order chi connectivity index (χ0) is 18.1. The van der Waals surface area contributed by atoms with Crippen LogP contribution in [0.3, 0.4) is 0 Å². The predicted octanol–water partition coefficient (Wildman–Crippen LogP) is 4.25. The molecule has 5 nitrogen and oxygen atoms in total. The van der Waals surface area contributed by atoms with E-state index in [0.29, 0.717) is 6.04 Å². The fraction of sp³-hybridized carbons (Fsp3) is 0.900. The molecule has 0 saturated heterocycles. The summed E-state index contributed by atoms with van der Waals surface area (Å²) in [5, 5.41) is 6.85. The van der Waals surface area contributed by atoms with Gasteiger partial charge in [-0.3, -0.25) is 10.3 Å². The van der Waals surface area contributed by atoms with Crippen molar-refractivity contribution in [1.29, 1.82) is 0 Å². The first-order chi connectivity index (χ1) is 12.0. The van der Waals surface area contributed by atoms with Gasteiger partial charge in [0.25, 0.3) is 0 Å². The van der Waals surface area contributed by atoms with E-state index in [1.165, 1.54) is 70.6 Å². The van der Waals surface area contributed by atoms with Crippen molar-refractivity contribution >= 4 is 11.9 Å². The van der Waals surface area contributed by atoms with E-state index in [1.54, 1.807) is 0 Å². The van der Waals surface area contributed by atoms with Gasteiger partial charge >= 0.3 is 0 Å². The number of hydrogen-bond donors (Lipinski definition) is 2. The van der Waals surface area contributed by atoms with Crippen molar-refractivity contribution in [2.45, 2.75) is 103 Å². The molecule has 0 aromatic carbocycles. The Morgan fingerprint density at radius 3 is 2.48 bits per heavy atom. The van der Waals surface area contributed by atoms with E-state index in [0.717, 1.165) is 18.5 Å². The highest BCUT2D eigenvalue weighted by atomic mass is 15.4. The van der Waals surface area contributed by atoms with Crippen molar-refractivity contribution in [3.63, 3.8) is 0 Å². The Balaban J connectivity index is 1.85. The highest BCUT2D eigenvalue weighted by molar-refractivity contribution is 6.00. The van der Waals surface area contributed by atoms with Crippen molar-refractivity contribution in [3.8, 4) is 0 Å². The van der Waals surface area contributed by atoms with Gasteiger partial charge in [-0.25, -0.2) is 4.99 Å². The van der Waals surface area contributed by atoms with Crippen molar-refractivity contribution in [3.05, 3.63) is 0 Å². The topological polar surface area (TPSA) is 52.0 Å². The quantitative estimate of drug-likeness (QED) is 0.644. The van der Waals surface area contributed by atoms with Gasteiger partial charge in [0.2, 0.25) is 5.96 Å². The van der Waals surface area contributed by atoms with E-state index in [4.69, 9.17) is 9.98 Å². The first-order valence-electron chi connectivity index (χ1n) is 10.4. The lowest BCUT2D eigenvalue weighted by Crippen LogP contribution is -2.60. The van der Waals surface area contributed by atoms with Crippen LogP contribution in [0.25, 0.3) is 0 Å². The fourth-order valence-corrected chi connectivity index (χ4v) is 3.72. The minimum atomic E-state index is -0.302. The van der Waals surface area contributed by atoms with Crippen molar-refractivity contribution in [2.75, 3.05) is 13.6 Å². The Bertz CT molecular complexity index is 449. The Morgan fingerprint density at radius 2 is 1.76 bits per heavy atom. The van der Waals surface area contributed by atoms with Crippen LogP contribution in [0.1, 0.15) is 91.4 Å². The van der Waals surface area contributed by atoms with E-state index >= 15 is 0 Å². The molecule has 0 amide bonds. The molecule has 1 aliphatic carbocycles. The van der Waals surface area contributed by atoms with Gasteiger partial charge < -0.3 is 10.2 Å². The minimum absolute atomic E-state index is 0.302.